The van der Waals surface area contributed by atoms with Crippen LogP contribution in [0.5, 0.6) is 0 Å². The van der Waals surface area contributed by atoms with E-state index in [9.17, 15) is 9.18 Å². The summed E-state index contributed by atoms with van der Waals surface area (Å²) in [6.07, 6.45) is -0.437. The number of carbonyl (C=O) groups is 1. The second-order valence-corrected chi connectivity index (χ2v) is 5.24. The highest BCUT2D eigenvalue weighted by Crippen LogP contribution is 2.23. The summed E-state index contributed by atoms with van der Waals surface area (Å²) in [6.45, 7) is 8.14. The largest absolute Gasteiger partial charge is 0.429 e. The normalized spacial score (nSPS) is 24.6. The van der Waals surface area contributed by atoms with Crippen molar-refractivity contribution in [2.45, 2.75) is 40.1 Å². The van der Waals surface area contributed by atoms with Gasteiger partial charge in [0.2, 0.25) is 0 Å². The van der Waals surface area contributed by atoms with Crippen molar-refractivity contribution < 1.29 is 23.4 Å². The van der Waals surface area contributed by atoms with E-state index in [0.29, 0.717) is 6.61 Å². The van der Waals surface area contributed by atoms with E-state index < -0.39 is 24.2 Å². The maximum Gasteiger partial charge on any atom is 0.305 e. The van der Waals surface area contributed by atoms with E-state index in [2.05, 4.69) is 4.74 Å². The minimum Gasteiger partial charge on any atom is -0.429 e. The van der Waals surface area contributed by atoms with Gasteiger partial charge in [-0.25, -0.2) is 4.39 Å². The van der Waals surface area contributed by atoms with Crippen LogP contribution in [-0.4, -0.2) is 31.6 Å². The topological polar surface area (TPSA) is 44.8 Å². The van der Waals surface area contributed by atoms with Crippen molar-refractivity contribution in [2.75, 3.05) is 13.2 Å². The molecule has 1 aliphatic heterocycles. The molecule has 0 aliphatic carbocycles. The molecule has 0 spiro atoms. The van der Waals surface area contributed by atoms with E-state index in [1.807, 2.05) is 20.8 Å². The molecule has 0 aromatic rings. The van der Waals surface area contributed by atoms with E-state index >= 15 is 0 Å². The zero-order valence-electron chi connectivity index (χ0n) is 10.7. The second-order valence-electron chi connectivity index (χ2n) is 5.24. The lowest BCUT2D eigenvalue weighted by molar-refractivity contribution is -0.175. The Kier molecular flexibility index (Phi) is 4.65. The molecule has 5 heteroatoms. The molecule has 0 amide bonds. The van der Waals surface area contributed by atoms with Crippen LogP contribution in [0.2, 0.25) is 0 Å². The van der Waals surface area contributed by atoms with Crippen LogP contribution < -0.4 is 0 Å². The average Bonchev–Trinajstić information content (AvgIpc) is 2.43. The summed E-state index contributed by atoms with van der Waals surface area (Å²) in [5.74, 6) is -1.15. The van der Waals surface area contributed by atoms with Gasteiger partial charge >= 0.3 is 5.97 Å². The first-order chi connectivity index (χ1) is 7.78. The zero-order valence-corrected chi connectivity index (χ0v) is 10.7. The fourth-order valence-electron chi connectivity index (χ4n) is 1.32. The first-order valence-electron chi connectivity index (χ1n) is 5.55. The van der Waals surface area contributed by atoms with Crippen LogP contribution in [0.4, 0.5) is 4.39 Å². The monoisotopic (exact) mass is 246 g/mol. The Bertz CT molecular complexity index is 306. The van der Waals surface area contributed by atoms with Gasteiger partial charge in [-0.1, -0.05) is 20.8 Å². The molecule has 0 saturated carbocycles. The number of halogens is 1. The van der Waals surface area contributed by atoms with E-state index in [1.54, 1.807) is 0 Å². The van der Waals surface area contributed by atoms with Gasteiger partial charge in [-0.3, -0.25) is 4.79 Å². The molecule has 0 N–H and O–H groups in total. The van der Waals surface area contributed by atoms with Crippen molar-refractivity contribution in [3.05, 3.63) is 11.9 Å². The number of hydrogen-bond donors (Lipinski definition) is 0. The van der Waals surface area contributed by atoms with Gasteiger partial charge in [0.1, 0.15) is 6.10 Å². The van der Waals surface area contributed by atoms with Crippen molar-refractivity contribution in [3.63, 3.8) is 0 Å². The fraction of sp³-hybridized carbons (Fsp3) is 0.750. The second kappa shape index (κ2) is 5.60. The molecular formula is C12H19FO4. The van der Waals surface area contributed by atoms with Crippen LogP contribution in [0.15, 0.2) is 11.9 Å². The summed E-state index contributed by atoms with van der Waals surface area (Å²) in [5.41, 5.74) is 0.0517. The van der Waals surface area contributed by atoms with Gasteiger partial charge in [0.15, 0.2) is 5.83 Å². The number of esters is 1. The van der Waals surface area contributed by atoms with E-state index in [0.717, 1.165) is 0 Å². The summed E-state index contributed by atoms with van der Waals surface area (Å²) in [6, 6.07) is 0. The maximum atomic E-state index is 13.3. The Labute approximate surface area is 101 Å². The SMILES string of the molecule is CC(=O)OC1O[C@H](COCC(C)(C)C)C=C1F. The van der Waals surface area contributed by atoms with Gasteiger partial charge < -0.3 is 14.2 Å². The van der Waals surface area contributed by atoms with Gasteiger partial charge in [0.05, 0.1) is 13.2 Å². The van der Waals surface area contributed by atoms with Gasteiger partial charge in [0, 0.05) is 6.92 Å². The number of hydrogen-bond acceptors (Lipinski definition) is 4. The minimum atomic E-state index is -1.21. The molecule has 0 fully saturated rings. The molecule has 1 aliphatic rings. The third-order valence-electron chi connectivity index (χ3n) is 1.96. The highest BCUT2D eigenvalue weighted by Gasteiger charge is 2.30. The third kappa shape index (κ3) is 5.28. The summed E-state index contributed by atoms with van der Waals surface area (Å²) in [4.78, 5) is 10.7. The lowest BCUT2D eigenvalue weighted by atomic mass is 9.99. The fourth-order valence-corrected chi connectivity index (χ4v) is 1.32. The summed E-state index contributed by atoms with van der Waals surface area (Å²) in [5, 5.41) is 0. The van der Waals surface area contributed by atoms with Gasteiger partial charge in [-0.2, -0.15) is 0 Å². The maximum absolute atomic E-state index is 13.3. The molecule has 17 heavy (non-hydrogen) atoms. The van der Waals surface area contributed by atoms with Crippen LogP contribution in [0.1, 0.15) is 27.7 Å². The molecule has 0 radical (unpaired) electrons. The first-order valence-corrected chi connectivity index (χ1v) is 5.55. The molecule has 0 aromatic carbocycles. The lowest BCUT2D eigenvalue weighted by Gasteiger charge is -2.19. The number of carbonyl (C=O) groups excluding carboxylic acids is 1. The molecule has 1 heterocycles. The molecule has 4 nitrogen and oxygen atoms in total. The van der Waals surface area contributed by atoms with Gasteiger partial charge in [-0.15, -0.1) is 0 Å². The van der Waals surface area contributed by atoms with Crippen LogP contribution in [0, 0.1) is 5.41 Å². The Morgan fingerprint density at radius 2 is 2.18 bits per heavy atom. The van der Waals surface area contributed by atoms with Gasteiger partial charge in [0.25, 0.3) is 6.29 Å². The Morgan fingerprint density at radius 3 is 2.71 bits per heavy atom. The molecule has 0 bridgehead atoms. The third-order valence-corrected chi connectivity index (χ3v) is 1.96. The van der Waals surface area contributed by atoms with Crippen molar-refractivity contribution in [3.8, 4) is 0 Å². The van der Waals surface area contributed by atoms with Crippen LogP contribution in [0.25, 0.3) is 0 Å². The quantitative estimate of drug-likeness (QED) is 0.713. The smallest absolute Gasteiger partial charge is 0.305 e. The predicted octanol–water partition coefficient (Wildman–Crippen LogP) is 2.19. The number of ether oxygens (including phenoxy) is 3. The van der Waals surface area contributed by atoms with E-state index in [1.165, 1.54) is 13.0 Å². The lowest BCUT2D eigenvalue weighted by Crippen LogP contribution is -2.24. The number of rotatable bonds is 4. The van der Waals surface area contributed by atoms with Crippen LogP contribution >= 0.6 is 0 Å². The van der Waals surface area contributed by atoms with E-state index in [4.69, 9.17) is 9.47 Å². The molecule has 0 aromatic heterocycles. The Hall–Kier alpha value is -0.940. The zero-order chi connectivity index (χ0) is 13.1. The van der Waals surface area contributed by atoms with Crippen molar-refractivity contribution in [1.82, 2.24) is 0 Å². The summed E-state index contributed by atoms with van der Waals surface area (Å²) >= 11 is 0. The molecule has 2 atom stereocenters. The van der Waals surface area contributed by atoms with Crippen LogP contribution in [-0.2, 0) is 19.0 Å². The van der Waals surface area contributed by atoms with Crippen molar-refractivity contribution in [1.29, 1.82) is 0 Å². The summed E-state index contributed by atoms with van der Waals surface area (Å²) < 4.78 is 28.5. The molecule has 1 unspecified atom stereocenters. The Morgan fingerprint density at radius 1 is 1.53 bits per heavy atom. The molecule has 0 saturated heterocycles. The molecular weight excluding hydrogens is 227 g/mol. The van der Waals surface area contributed by atoms with Crippen molar-refractivity contribution in [2.24, 2.45) is 5.41 Å². The standard InChI is InChI=1S/C12H19FO4/c1-8(14)16-11-10(13)5-9(17-11)6-15-7-12(2,3)4/h5,9,11H,6-7H2,1-4H3/t9-,11?/m0/s1. The average molecular weight is 246 g/mol. The first kappa shape index (κ1) is 14.1. The molecule has 1 rings (SSSR count). The molecule has 98 valence electrons. The van der Waals surface area contributed by atoms with Crippen LogP contribution in [0.3, 0.4) is 0 Å². The summed E-state index contributed by atoms with van der Waals surface area (Å²) in [7, 11) is 0. The predicted molar refractivity (Wildman–Crippen MR) is 59.9 cm³/mol. The van der Waals surface area contributed by atoms with Crippen molar-refractivity contribution >= 4 is 5.97 Å². The Balaban J connectivity index is 2.32. The minimum absolute atomic E-state index is 0.0517. The van der Waals surface area contributed by atoms with E-state index in [-0.39, 0.29) is 12.0 Å². The van der Waals surface area contributed by atoms with Gasteiger partial charge in [-0.05, 0) is 11.5 Å². The highest BCUT2D eigenvalue weighted by atomic mass is 19.1. The highest BCUT2D eigenvalue weighted by molar-refractivity contribution is 5.66.